The molecule has 0 radical (unpaired) electrons. The van der Waals surface area contributed by atoms with Gasteiger partial charge < -0.3 is 18.8 Å². The fraction of sp³-hybridized carbons (Fsp3) is 0.485. The first-order chi connectivity index (χ1) is 18.6. The van der Waals surface area contributed by atoms with Crippen LogP contribution in [0.1, 0.15) is 86.2 Å². The average molecular weight is 512 g/mol. The zero-order chi connectivity index (χ0) is 26.2. The molecule has 0 bridgehead atoms. The number of hydrogen-bond donors (Lipinski definition) is 0. The standard InChI is InChI=1S/C33H41N3O2/c1-4-19-38-33(37)24-15-16-27-29(20-24)36-18-10-17-35-22-25(21-34(3)5-2)26-13-9-14-28(31(26)35)32(36)30(27)23-11-7-6-8-12-23/h9,13-16,20,22-23H,4-8,10-12,17-19,21H2,1-3H3. The molecule has 1 fully saturated rings. The highest BCUT2D eigenvalue weighted by molar-refractivity contribution is 6.03. The van der Waals surface area contributed by atoms with Gasteiger partial charge in [-0.2, -0.15) is 0 Å². The third-order valence-corrected chi connectivity index (χ3v) is 8.79. The number of para-hydroxylation sites is 1. The molecule has 2 aromatic carbocycles. The van der Waals surface area contributed by atoms with Gasteiger partial charge >= 0.3 is 5.97 Å². The van der Waals surface area contributed by atoms with E-state index < -0.39 is 0 Å². The Bertz CT molecular complexity index is 1470. The van der Waals surface area contributed by atoms with Crippen molar-refractivity contribution in [1.29, 1.82) is 0 Å². The minimum atomic E-state index is -0.213. The lowest BCUT2D eigenvalue weighted by Gasteiger charge is -2.25. The van der Waals surface area contributed by atoms with E-state index in [0.717, 1.165) is 39.0 Å². The molecule has 200 valence electrons. The maximum absolute atomic E-state index is 12.8. The van der Waals surface area contributed by atoms with Crippen LogP contribution in [-0.2, 0) is 24.4 Å². The molecule has 1 saturated carbocycles. The van der Waals surface area contributed by atoms with Crippen LogP contribution in [0.25, 0.3) is 33.1 Å². The van der Waals surface area contributed by atoms with Crippen LogP contribution in [0.3, 0.4) is 0 Å². The highest BCUT2D eigenvalue weighted by atomic mass is 16.5. The van der Waals surface area contributed by atoms with Gasteiger partial charge in [0, 0.05) is 47.7 Å². The van der Waals surface area contributed by atoms with Gasteiger partial charge in [-0.05, 0) is 68.5 Å². The van der Waals surface area contributed by atoms with Gasteiger partial charge in [0.25, 0.3) is 0 Å². The molecule has 5 nitrogen and oxygen atoms in total. The normalized spacial score (nSPS) is 16.1. The lowest BCUT2D eigenvalue weighted by molar-refractivity contribution is 0.0505. The first-order valence-corrected chi connectivity index (χ1v) is 14.7. The van der Waals surface area contributed by atoms with Crippen molar-refractivity contribution in [3.05, 3.63) is 59.3 Å². The van der Waals surface area contributed by atoms with E-state index in [4.69, 9.17) is 4.74 Å². The number of fused-ring (bicyclic) bond motifs is 4. The topological polar surface area (TPSA) is 39.4 Å². The fourth-order valence-corrected chi connectivity index (χ4v) is 6.84. The second-order valence-corrected chi connectivity index (χ2v) is 11.4. The fourth-order valence-electron chi connectivity index (χ4n) is 6.84. The lowest BCUT2D eigenvalue weighted by Crippen LogP contribution is -2.16. The minimum absolute atomic E-state index is 0.213. The van der Waals surface area contributed by atoms with E-state index >= 15 is 0 Å². The first kappa shape index (κ1) is 25.2. The zero-order valence-corrected chi connectivity index (χ0v) is 23.3. The van der Waals surface area contributed by atoms with Crippen LogP contribution in [0.4, 0.5) is 0 Å². The summed E-state index contributed by atoms with van der Waals surface area (Å²) in [5, 5.41) is 2.70. The van der Waals surface area contributed by atoms with Crippen LogP contribution in [-0.4, -0.2) is 40.2 Å². The highest BCUT2D eigenvalue weighted by Crippen LogP contribution is 2.47. The molecule has 38 heavy (non-hydrogen) atoms. The Hall–Kier alpha value is -3.05. The molecule has 0 saturated heterocycles. The van der Waals surface area contributed by atoms with Crippen molar-refractivity contribution in [1.82, 2.24) is 14.0 Å². The lowest BCUT2D eigenvalue weighted by atomic mass is 9.81. The van der Waals surface area contributed by atoms with E-state index in [-0.39, 0.29) is 5.97 Å². The molecule has 2 aromatic heterocycles. The van der Waals surface area contributed by atoms with Gasteiger partial charge in [0.05, 0.1) is 23.4 Å². The number of esters is 1. The SMILES string of the molecule is CCCOC(=O)c1ccc2c(C3CCCCC3)c3n(c2c1)CCCn1cc(CN(C)CC)c2cccc-3c21. The van der Waals surface area contributed by atoms with Crippen LogP contribution in [0.5, 0.6) is 0 Å². The second-order valence-electron chi connectivity index (χ2n) is 11.4. The summed E-state index contributed by atoms with van der Waals surface area (Å²) in [4.78, 5) is 15.2. The zero-order valence-electron chi connectivity index (χ0n) is 23.3. The van der Waals surface area contributed by atoms with Crippen LogP contribution in [0, 0.1) is 0 Å². The number of carbonyl (C=O) groups excluding carboxylic acids is 1. The van der Waals surface area contributed by atoms with Crippen molar-refractivity contribution >= 4 is 27.8 Å². The number of benzene rings is 2. The predicted molar refractivity (Wildman–Crippen MR) is 156 cm³/mol. The third-order valence-electron chi connectivity index (χ3n) is 8.79. The summed E-state index contributed by atoms with van der Waals surface area (Å²) >= 11 is 0. The van der Waals surface area contributed by atoms with Gasteiger partial charge in [0.1, 0.15) is 0 Å². The molecule has 1 aliphatic heterocycles. The number of aryl methyl sites for hydroxylation is 2. The first-order valence-electron chi connectivity index (χ1n) is 14.7. The molecule has 0 atom stereocenters. The van der Waals surface area contributed by atoms with E-state index in [2.05, 4.69) is 64.5 Å². The van der Waals surface area contributed by atoms with Gasteiger partial charge in [0.2, 0.25) is 0 Å². The largest absolute Gasteiger partial charge is 0.462 e. The smallest absolute Gasteiger partial charge is 0.338 e. The van der Waals surface area contributed by atoms with Gasteiger partial charge in [-0.3, -0.25) is 0 Å². The van der Waals surface area contributed by atoms with E-state index in [1.54, 1.807) is 0 Å². The van der Waals surface area contributed by atoms with Crippen LogP contribution < -0.4 is 0 Å². The Morgan fingerprint density at radius 3 is 2.66 bits per heavy atom. The summed E-state index contributed by atoms with van der Waals surface area (Å²) in [5.74, 6) is 0.346. The monoisotopic (exact) mass is 511 g/mol. The van der Waals surface area contributed by atoms with Crippen molar-refractivity contribution in [2.24, 2.45) is 0 Å². The number of aromatic nitrogens is 2. The van der Waals surface area contributed by atoms with Gasteiger partial charge in [-0.25, -0.2) is 4.79 Å². The summed E-state index contributed by atoms with van der Waals surface area (Å²) in [5.41, 5.74) is 8.86. The van der Waals surface area contributed by atoms with Gasteiger partial charge in [0.15, 0.2) is 0 Å². The Morgan fingerprint density at radius 2 is 1.87 bits per heavy atom. The molecule has 3 heterocycles. The van der Waals surface area contributed by atoms with E-state index in [9.17, 15) is 4.79 Å². The molecule has 0 unspecified atom stereocenters. The number of hydrogen-bond acceptors (Lipinski definition) is 3. The highest BCUT2D eigenvalue weighted by Gasteiger charge is 2.29. The van der Waals surface area contributed by atoms with Crippen LogP contribution in [0.15, 0.2) is 42.6 Å². The van der Waals surface area contributed by atoms with Crippen molar-refractivity contribution in [3.63, 3.8) is 0 Å². The molecule has 0 spiro atoms. The van der Waals surface area contributed by atoms with Crippen LogP contribution in [0.2, 0.25) is 0 Å². The molecule has 4 aromatic rings. The Labute approximate surface area is 226 Å². The number of nitrogens with zero attached hydrogens (tertiary/aromatic N) is 3. The Morgan fingerprint density at radius 1 is 1.03 bits per heavy atom. The summed E-state index contributed by atoms with van der Waals surface area (Å²) in [7, 11) is 2.20. The van der Waals surface area contributed by atoms with Crippen molar-refractivity contribution in [2.75, 3.05) is 20.2 Å². The van der Waals surface area contributed by atoms with E-state index in [1.165, 1.54) is 76.3 Å². The number of rotatable bonds is 7. The van der Waals surface area contributed by atoms with Crippen LogP contribution >= 0.6 is 0 Å². The van der Waals surface area contributed by atoms with Crippen molar-refractivity contribution in [2.45, 2.75) is 84.3 Å². The Balaban J connectivity index is 1.60. The summed E-state index contributed by atoms with van der Waals surface area (Å²) < 4.78 is 10.6. The van der Waals surface area contributed by atoms with E-state index in [1.807, 2.05) is 13.0 Å². The predicted octanol–water partition coefficient (Wildman–Crippen LogP) is 7.73. The molecule has 0 amide bonds. The average Bonchev–Trinajstić information content (AvgIpc) is 3.45. The molecule has 5 heteroatoms. The summed E-state index contributed by atoms with van der Waals surface area (Å²) in [6.45, 7) is 8.67. The molecule has 2 aliphatic rings. The maximum Gasteiger partial charge on any atom is 0.338 e. The number of carbonyl (C=O) groups is 1. The van der Waals surface area contributed by atoms with Gasteiger partial charge in [-0.1, -0.05) is 57.4 Å². The van der Waals surface area contributed by atoms with Gasteiger partial charge in [-0.15, -0.1) is 0 Å². The quantitative estimate of drug-likeness (QED) is 0.238. The summed E-state index contributed by atoms with van der Waals surface area (Å²) in [6.07, 6.45) is 10.7. The number of ether oxygens (including phenoxy) is 1. The maximum atomic E-state index is 12.8. The molecule has 6 rings (SSSR count). The molecular formula is C33H41N3O2. The second kappa shape index (κ2) is 10.6. The van der Waals surface area contributed by atoms with Crippen molar-refractivity contribution < 1.29 is 9.53 Å². The third kappa shape index (κ3) is 4.35. The molecular weight excluding hydrogens is 470 g/mol. The van der Waals surface area contributed by atoms with Crippen molar-refractivity contribution in [3.8, 4) is 11.3 Å². The molecule has 0 N–H and O–H groups in total. The molecule has 1 aliphatic carbocycles. The Kier molecular flexibility index (Phi) is 7.05. The summed E-state index contributed by atoms with van der Waals surface area (Å²) in [6, 6.07) is 13.2. The van der Waals surface area contributed by atoms with E-state index in [0.29, 0.717) is 18.1 Å². The minimum Gasteiger partial charge on any atom is -0.462 e.